The average molecular weight is 277 g/mol. The Morgan fingerprint density at radius 3 is 2.28 bits per heavy atom. The minimum atomic E-state index is 0.857. The molecule has 0 aromatic heterocycles. The highest BCUT2D eigenvalue weighted by molar-refractivity contribution is 8.08. The van der Waals surface area contributed by atoms with Gasteiger partial charge in [-0.05, 0) is 29.8 Å². The van der Waals surface area contributed by atoms with Crippen molar-refractivity contribution >= 4 is 28.3 Å². The van der Waals surface area contributed by atoms with Crippen molar-refractivity contribution in [1.82, 2.24) is 0 Å². The first kappa shape index (κ1) is 13.1. The largest absolute Gasteiger partial charge is 0.497 e. The molecule has 2 rings (SSSR count). The molecule has 0 saturated heterocycles. The summed E-state index contributed by atoms with van der Waals surface area (Å²) in [5.41, 5.74) is 2.73. The molecule has 92 valence electrons. The Hall–Kier alpha value is -1.38. The fourth-order valence-corrected chi connectivity index (χ4v) is 2.60. The first-order valence-electron chi connectivity index (χ1n) is 5.51. The van der Waals surface area contributed by atoms with Crippen molar-refractivity contribution in [2.24, 2.45) is 0 Å². The molecule has 3 heteroatoms. The van der Waals surface area contributed by atoms with Gasteiger partial charge in [-0.2, -0.15) is 0 Å². The molecule has 0 radical (unpaired) electrons. The maximum absolute atomic E-state index is 5.90. The Morgan fingerprint density at radius 2 is 1.72 bits per heavy atom. The van der Waals surface area contributed by atoms with Crippen LogP contribution in [0.3, 0.4) is 0 Å². The monoisotopic (exact) mass is 276 g/mol. The molecule has 0 saturated carbocycles. The second kappa shape index (κ2) is 6.53. The maximum Gasteiger partial charge on any atom is 0.118 e. The molecule has 0 spiro atoms. The average Bonchev–Trinajstić information content (AvgIpc) is 2.46. The summed E-state index contributed by atoms with van der Waals surface area (Å²) < 4.78 is 5.14. The quantitative estimate of drug-likeness (QED) is 0.725. The van der Waals surface area contributed by atoms with Crippen molar-refractivity contribution in [2.75, 3.05) is 7.11 Å². The molecule has 0 unspecified atom stereocenters. The highest BCUT2D eigenvalue weighted by Crippen LogP contribution is 2.35. The van der Waals surface area contributed by atoms with E-state index in [4.69, 9.17) is 16.3 Å². The summed E-state index contributed by atoms with van der Waals surface area (Å²) in [6.07, 6.45) is 0. The Kier molecular flexibility index (Phi) is 4.73. The van der Waals surface area contributed by atoms with E-state index in [-0.39, 0.29) is 0 Å². The third-order valence-electron chi connectivity index (χ3n) is 2.44. The normalized spacial score (nSPS) is 11.3. The molecule has 0 aliphatic carbocycles. The zero-order chi connectivity index (χ0) is 12.8. The molecule has 0 atom stereocenters. The second-order valence-electron chi connectivity index (χ2n) is 3.62. The number of thioether (sulfide) groups is 1. The number of methoxy groups -OCH3 is 1. The molecular weight excluding hydrogens is 264 g/mol. The third-order valence-corrected chi connectivity index (χ3v) is 3.87. The standard InChI is InChI=1S/C15H13ClOS/c1-17-13-7-9-14(10-8-13)18-15(11-16)12-5-3-2-4-6-12/h2-11H,1H3/b15-11+. The van der Waals surface area contributed by atoms with Gasteiger partial charge >= 0.3 is 0 Å². The molecule has 0 heterocycles. The Balaban J connectivity index is 2.16. The molecule has 0 amide bonds. The number of hydrogen-bond acceptors (Lipinski definition) is 2. The van der Waals surface area contributed by atoms with Crippen molar-refractivity contribution in [2.45, 2.75) is 4.90 Å². The van der Waals surface area contributed by atoms with Gasteiger partial charge in [0, 0.05) is 15.3 Å². The lowest BCUT2D eigenvalue weighted by Gasteiger charge is -2.07. The van der Waals surface area contributed by atoms with Crippen LogP contribution in [0, 0.1) is 0 Å². The lowest BCUT2D eigenvalue weighted by atomic mass is 10.2. The summed E-state index contributed by atoms with van der Waals surface area (Å²) in [5.74, 6) is 0.857. The third kappa shape index (κ3) is 3.31. The van der Waals surface area contributed by atoms with Crippen LogP contribution in [-0.4, -0.2) is 7.11 Å². The first-order valence-corrected chi connectivity index (χ1v) is 6.76. The zero-order valence-electron chi connectivity index (χ0n) is 9.97. The summed E-state index contributed by atoms with van der Waals surface area (Å²) in [6, 6.07) is 18.0. The van der Waals surface area contributed by atoms with Gasteiger partial charge < -0.3 is 4.74 Å². The Morgan fingerprint density at radius 1 is 1.06 bits per heavy atom. The molecule has 1 nitrogen and oxygen atoms in total. The van der Waals surface area contributed by atoms with Gasteiger partial charge in [-0.1, -0.05) is 53.7 Å². The number of benzene rings is 2. The molecule has 0 N–H and O–H groups in total. The fourth-order valence-electron chi connectivity index (χ4n) is 1.52. The van der Waals surface area contributed by atoms with Gasteiger partial charge in [0.2, 0.25) is 0 Å². The predicted octanol–water partition coefficient (Wildman–Crippen LogP) is 5.02. The van der Waals surface area contributed by atoms with Crippen LogP contribution in [0.25, 0.3) is 4.91 Å². The highest BCUT2D eigenvalue weighted by atomic mass is 35.5. The van der Waals surface area contributed by atoms with Gasteiger partial charge in [-0.25, -0.2) is 0 Å². The second-order valence-corrected chi connectivity index (χ2v) is 4.95. The minimum Gasteiger partial charge on any atom is -0.497 e. The molecule has 0 fully saturated rings. The van der Waals surface area contributed by atoms with Gasteiger partial charge in [-0.15, -0.1) is 0 Å². The van der Waals surface area contributed by atoms with Gasteiger partial charge in [0.1, 0.15) is 5.75 Å². The van der Waals surface area contributed by atoms with Crippen molar-refractivity contribution < 1.29 is 4.74 Å². The van der Waals surface area contributed by atoms with E-state index in [9.17, 15) is 0 Å². The summed E-state index contributed by atoms with van der Waals surface area (Å²) in [6.45, 7) is 0. The Labute approximate surface area is 116 Å². The van der Waals surface area contributed by atoms with Crippen LogP contribution in [0.1, 0.15) is 5.56 Å². The lowest BCUT2D eigenvalue weighted by molar-refractivity contribution is 0.414. The number of rotatable bonds is 4. The molecule has 18 heavy (non-hydrogen) atoms. The van der Waals surface area contributed by atoms with E-state index in [0.717, 1.165) is 21.1 Å². The van der Waals surface area contributed by atoms with Crippen LogP contribution in [0.15, 0.2) is 65.0 Å². The predicted molar refractivity (Wildman–Crippen MR) is 79.1 cm³/mol. The lowest BCUT2D eigenvalue weighted by Crippen LogP contribution is -1.82. The van der Waals surface area contributed by atoms with Crippen LogP contribution >= 0.6 is 23.4 Å². The SMILES string of the molecule is COc1ccc(S/C(=C/Cl)c2ccccc2)cc1. The van der Waals surface area contributed by atoms with E-state index in [0.29, 0.717) is 0 Å². The van der Waals surface area contributed by atoms with E-state index in [1.54, 1.807) is 24.4 Å². The van der Waals surface area contributed by atoms with E-state index in [1.807, 2.05) is 54.6 Å². The van der Waals surface area contributed by atoms with Crippen LogP contribution in [-0.2, 0) is 0 Å². The summed E-state index contributed by atoms with van der Waals surface area (Å²) in [7, 11) is 1.66. The zero-order valence-corrected chi connectivity index (χ0v) is 11.5. The molecule has 2 aromatic rings. The van der Waals surface area contributed by atoms with E-state index >= 15 is 0 Å². The van der Waals surface area contributed by atoms with Crippen LogP contribution in [0.5, 0.6) is 5.75 Å². The van der Waals surface area contributed by atoms with Crippen molar-refractivity contribution in [3.8, 4) is 5.75 Å². The Bertz CT molecular complexity index is 520. The van der Waals surface area contributed by atoms with E-state index < -0.39 is 0 Å². The smallest absolute Gasteiger partial charge is 0.118 e. The minimum absolute atomic E-state index is 0.857. The van der Waals surface area contributed by atoms with Crippen molar-refractivity contribution in [1.29, 1.82) is 0 Å². The summed E-state index contributed by atoms with van der Waals surface area (Å²) in [4.78, 5) is 2.16. The fraction of sp³-hybridized carbons (Fsp3) is 0.0667. The first-order chi connectivity index (χ1) is 8.83. The highest BCUT2D eigenvalue weighted by Gasteiger charge is 2.03. The molecule has 2 aromatic carbocycles. The van der Waals surface area contributed by atoms with Gasteiger partial charge in [0.25, 0.3) is 0 Å². The van der Waals surface area contributed by atoms with Crippen molar-refractivity contribution in [3.63, 3.8) is 0 Å². The van der Waals surface area contributed by atoms with E-state index in [1.165, 1.54) is 0 Å². The van der Waals surface area contributed by atoms with Crippen LogP contribution in [0.4, 0.5) is 0 Å². The van der Waals surface area contributed by atoms with Gasteiger partial charge in [0.05, 0.1) is 7.11 Å². The van der Waals surface area contributed by atoms with Crippen LogP contribution < -0.4 is 4.74 Å². The summed E-state index contributed by atoms with van der Waals surface area (Å²) >= 11 is 7.54. The van der Waals surface area contributed by atoms with Crippen molar-refractivity contribution in [3.05, 3.63) is 65.7 Å². The number of ether oxygens (including phenoxy) is 1. The number of halogens is 1. The van der Waals surface area contributed by atoms with Gasteiger partial charge in [-0.3, -0.25) is 0 Å². The molecule has 0 aliphatic heterocycles. The molecule has 0 bridgehead atoms. The summed E-state index contributed by atoms with van der Waals surface area (Å²) in [5, 5.41) is 0. The maximum atomic E-state index is 5.90. The van der Waals surface area contributed by atoms with Gasteiger partial charge in [0.15, 0.2) is 0 Å². The topological polar surface area (TPSA) is 9.23 Å². The number of hydrogen-bond donors (Lipinski definition) is 0. The van der Waals surface area contributed by atoms with Crippen LogP contribution in [0.2, 0.25) is 0 Å². The molecular formula is C15H13ClOS. The van der Waals surface area contributed by atoms with E-state index in [2.05, 4.69) is 0 Å². The molecule has 0 aliphatic rings.